The van der Waals surface area contributed by atoms with Gasteiger partial charge in [-0.25, -0.2) is 0 Å². The van der Waals surface area contributed by atoms with Crippen LogP contribution in [0.4, 0.5) is 0 Å². The van der Waals surface area contributed by atoms with Crippen molar-refractivity contribution in [1.82, 2.24) is 5.32 Å². The van der Waals surface area contributed by atoms with E-state index in [4.69, 9.17) is 0 Å². The molecule has 0 radical (unpaired) electrons. The van der Waals surface area contributed by atoms with Crippen molar-refractivity contribution in [3.8, 4) is 0 Å². The molecule has 0 aromatic rings. The zero-order valence-electron chi connectivity index (χ0n) is 8.76. The van der Waals surface area contributed by atoms with E-state index in [1.54, 1.807) is 0 Å². The minimum atomic E-state index is -0.00796. The predicted octanol–water partition coefficient (Wildman–Crippen LogP) is 2.26. The Kier molecular flexibility index (Phi) is 3.12. The average molecular weight is 181 g/mol. The van der Waals surface area contributed by atoms with Crippen LogP contribution in [0.1, 0.15) is 40.0 Å². The fourth-order valence-corrected chi connectivity index (χ4v) is 1.63. The maximum absolute atomic E-state index is 11.5. The Balaban J connectivity index is 2.35. The Hall–Kier alpha value is -0.790. The third-order valence-corrected chi connectivity index (χ3v) is 2.34. The van der Waals surface area contributed by atoms with Gasteiger partial charge in [-0.15, -0.1) is 0 Å². The van der Waals surface area contributed by atoms with E-state index in [-0.39, 0.29) is 11.4 Å². The van der Waals surface area contributed by atoms with Crippen LogP contribution in [0, 0.1) is 5.92 Å². The van der Waals surface area contributed by atoms with Gasteiger partial charge in [-0.3, -0.25) is 4.79 Å². The topological polar surface area (TPSA) is 29.1 Å². The molecule has 2 heteroatoms. The lowest BCUT2D eigenvalue weighted by molar-refractivity contribution is -0.123. The minimum absolute atomic E-state index is 0.00796. The Morgan fingerprint density at radius 1 is 1.46 bits per heavy atom. The first-order chi connectivity index (χ1) is 6.02. The van der Waals surface area contributed by atoms with Crippen molar-refractivity contribution in [2.24, 2.45) is 5.92 Å². The van der Waals surface area contributed by atoms with E-state index in [9.17, 15) is 4.79 Å². The van der Waals surface area contributed by atoms with Gasteiger partial charge in [0.1, 0.15) is 0 Å². The highest BCUT2D eigenvalue weighted by Gasteiger charge is 2.26. The van der Waals surface area contributed by atoms with Gasteiger partial charge in [0.2, 0.25) is 5.91 Å². The summed E-state index contributed by atoms with van der Waals surface area (Å²) in [5.41, 5.74) is -0.00796. The molecular formula is C11H19NO. The molecule has 0 aromatic carbocycles. The molecule has 0 bridgehead atoms. The second kappa shape index (κ2) is 3.95. The monoisotopic (exact) mass is 181 g/mol. The molecule has 0 saturated heterocycles. The van der Waals surface area contributed by atoms with Crippen LogP contribution in [0.25, 0.3) is 0 Å². The third kappa shape index (κ3) is 3.21. The third-order valence-electron chi connectivity index (χ3n) is 2.34. The van der Waals surface area contributed by atoms with E-state index < -0.39 is 0 Å². The van der Waals surface area contributed by atoms with Gasteiger partial charge in [0.05, 0.1) is 0 Å². The van der Waals surface area contributed by atoms with Crippen molar-refractivity contribution in [1.29, 1.82) is 0 Å². The SMILES string of the molecule is CC(C)CC(=O)NC1(C)CC=CC1. The number of rotatable bonds is 3. The number of nitrogens with one attached hydrogen (secondary N) is 1. The average Bonchev–Trinajstić information content (AvgIpc) is 2.33. The molecule has 0 aliphatic heterocycles. The molecular weight excluding hydrogens is 162 g/mol. The van der Waals surface area contributed by atoms with Crippen LogP contribution in [0.2, 0.25) is 0 Å². The first-order valence-corrected chi connectivity index (χ1v) is 4.98. The van der Waals surface area contributed by atoms with E-state index in [1.807, 2.05) is 0 Å². The maximum atomic E-state index is 11.5. The first-order valence-electron chi connectivity index (χ1n) is 4.98. The summed E-state index contributed by atoms with van der Waals surface area (Å²) in [7, 11) is 0. The highest BCUT2D eigenvalue weighted by Crippen LogP contribution is 2.22. The molecule has 0 unspecified atom stereocenters. The van der Waals surface area contributed by atoms with Gasteiger partial charge in [0, 0.05) is 12.0 Å². The number of carbonyl (C=O) groups excluding carboxylic acids is 1. The maximum Gasteiger partial charge on any atom is 0.220 e. The largest absolute Gasteiger partial charge is 0.350 e. The van der Waals surface area contributed by atoms with E-state index in [1.165, 1.54) is 0 Å². The zero-order chi connectivity index (χ0) is 9.90. The molecule has 1 N–H and O–H groups in total. The molecule has 0 spiro atoms. The van der Waals surface area contributed by atoms with Crippen LogP contribution in [0.5, 0.6) is 0 Å². The molecule has 74 valence electrons. The Morgan fingerprint density at radius 3 is 2.46 bits per heavy atom. The molecule has 0 atom stereocenters. The van der Waals surface area contributed by atoms with E-state index in [2.05, 4.69) is 38.2 Å². The summed E-state index contributed by atoms with van der Waals surface area (Å²) in [4.78, 5) is 11.5. The van der Waals surface area contributed by atoms with Crippen LogP contribution in [-0.4, -0.2) is 11.4 Å². The highest BCUT2D eigenvalue weighted by molar-refractivity contribution is 5.77. The van der Waals surface area contributed by atoms with Crippen LogP contribution < -0.4 is 5.32 Å². The van der Waals surface area contributed by atoms with Crippen LogP contribution in [-0.2, 0) is 4.79 Å². The molecule has 13 heavy (non-hydrogen) atoms. The van der Waals surface area contributed by atoms with Crippen molar-refractivity contribution in [2.45, 2.75) is 45.6 Å². The van der Waals surface area contributed by atoms with Crippen molar-refractivity contribution in [3.63, 3.8) is 0 Å². The molecule has 0 fully saturated rings. The molecule has 0 heterocycles. The van der Waals surface area contributed by atoms with Gasteiger partial charge < -0.3 is 5.32 Å². The predicted molar refractivity (Wildman–Crippen MR) is 54.4 cm³/mol. The second-order valence-electron chi connectivity index (χ2n) is 4.59. The molecule has 0 saturated carbocycles. The quantitative estimate of drug-likeness (QED) is 0.665. The normalized spacial score (nSPS) is 19.4. The number of hydrogen-bond donors (Lipinski definition) is 1. The molecule has 1 amide bonds. The Labute approximate surface area is 80.4 Å². The van der Waals surface area contributed by atoms with Crippen molar-refractivity contribution >= 4 is 5.91 Å². The van der Waals surface area contributed by atoms with E-state index in [0.717, 1.165) is 12.8 Å². The van der Waals surface area contributed by atoms with Crippen molar-refractivity contribution in [2.75, 3.05) is 0 Å². The Bertz CT molecular complexity index is 210. The number of hydrogen-bond acceptors (Lipinski definition) is 1. The molecule has 1 aliphatic carbocycles. The van der Waals surface area contributed by atoms with Crippen LogP contribution in [0.3, 0.4) is 0 Å². The molecule has 0 aromatic heterocycles. The summed E-state index contributed by atoms with van der Waals surface area (Å²) in [6.07, 6.45) is 6.84. The van der Waals surface area contributed by atoms with E-state index in [0.29, 0.717) is 12.3 Å². The summed E-state index contributed by atoms with van der Waals surface area (Å²) < 4.78 is 0. The lowest BCUT2D eigenvalue weighted by atomic mass is 9.99. The van der Waals surface area contributed by atoms with Gasteiger partial charge in [0.15, 0.2) is 0 Å². The lowest BCUT2D eigenvalue weighted by Crippen LogP contribution is -2.44. The Morgan fingerprint density at radius 2 is 2.00 bits per heavy atom. The van der Waals surface area contributed by atoms with E-state index >= 15 is 0 Å². The smallest absolute Gasteiger partial charge is 0.220 e. The van der Waals surface area contributed by atoms with Crippen LogP contribution in [0.15, 0.2) is 12.2 Å². The summed E-state index contributed by atoms with van der Waals surface area (Å²) in [5, 5.41) is 3.09. The molecule has 2 nitrogen and oxygen atoms in total. The number of carbonyl (C=O) groups is 1. The minimum Gasteiger partial charge on any atom is -0.350 e. The van der Waals surface area contributed by atoms with Crippen molar-refractivity contribution in [3.05, 3.63) is 12.2 Å². The lowest BCUT2D eigenvalue weighted by Gasteiger charge is -2.25. The molecule has 1 aliphatic rings. The number of amides is 1. The zero-order valence-corrected chi connectivity index (χ0v) is 8.76. The van der Waals surface area contributed by atoms with Gasteiger partial charge in [-0.1, -0.05) is 26.0 Å². The second-order valence-corrected chi connectivity index (χ2v) is 4.59. The van der Waals surface area contributed by atoms with Crippen LogP contribution >= 0.6 is 0 Å². The summed E-state index contributed by atoms with van der Waals surface area (Å²) >= 11 is 0. The van der Waals surface area contributed by atoms with Gasteiger partial charge in [-0.2, -0.15) is 0 Å². The van der Waals surface area contributed by atoms with Crippen molar-refractivity contribution < 1.29 is 4.79 Å². The standard InChI is InChI=1S/C11H19NO/c1-9(2)8-10(13)12-11(3)6-4-5-7-11/h4-5,9H,6-8H2,1-3H3,(H,12,13). The van der Waals surface area contributed by atoms with Gasteiger partial charge >= 0.3 is 0 Å². The van der Waals surface area contributed by atoms with Gasteiger partial charge in [0.25, 0.3) is 0 Å². The summed E-state index contributed by atoms with van der Waals surface area (Å²) in [6.45, 7) is 6.23. The first kappa shape index (κ1) is 10.3. The fourth-order valence-electron chi connectivity index (χ4n) is 1.63. The molecule has 1 rings (SSSR count). The summed E-state index contributed by atoms with van der Waals surface area (Å²) in [6, 6.07) is 0. The highest BCUT2D eigenvalue weighted by atomic mass is 16.1. The fraction of sp³-hybridized carbons (Fsp3) is 0.727. The summed E-state index contributed by atoms with van der Waals surface area (Å²) in [5.74, 6) is 0.624. The van der Waals surface area contributed by atoms with Gasteiger partial charge in [-0.05, 0) is 25.7 Å².